The lowest BCUT2D eigenvalue weighted by Gasteiger charge is -2.40. The van der Waals surface area contributed by atoms with Gasteiger partial charge in [-0.05, 0) is 26.2 Å². The van der Waals surface area contributed by atoms with Crippen molar-refractivity contribution in [2.45, 2.75) is 64.7 Å². The van der Waals surface area contributed by atoms with Crippen LogP contribution in [0.3, 0.4) is 0 Å². The van der Waals surface area contributed by atoms with Gasteiger partial charge >= 0.3 is 0 Å². The first-order chi connectivity index (χ1) is 13.7. The topological polar surface area (TPSA) is 78.4 Å². The van der Waals surface area contributed by atoms with Crippen molar-refractivity contribution in [3.05, 3.63) is 11.2 Å². The molecule has 2 atom stereocenters. The van der Waals surface area contributed by atoms with Gasteiger partial charge in [0.1, 0.15) is 11.0 Å². The highest BCUT2D eigenvalue weighted by Gasteiger charge is 2.28. The molecule has 0 aliphatic carbocycles. The fourth-order valence-electron chi connectivity index (χ4n) is 3.16. The summed E-state index contributed by atoms with van der Waals surface area (Å²) in [6.45, 7) is 12.2. The van der Waals surface area contributed by atoms with Gasteiger partial charge in [0.2, 0.25) is 11.8 Å². The molecule has 0 saturated carbocycles. The van der Waals surface area contributed by atoms with Crippen LogP contribution in [0.15, 0.2) is 11.2 Å². The van der Waals surface area contributed by atoms with E-state index < -0.39 is 0 Å². The summed E-state index contributed by atoms with van der Waals surface area (Å²) < 4.78 is 0. The first kappa shape index (κ1) is 23.7. The predicted octanol–water partition coefficient (Wildman–Crippen LogP) is 3.22. The van der Waals surface area contributed by atoms with Crippen LogP contribution in [0.1, 0.15) is 47.5 Å². The fourth-order valence-corrected chi connectivity index (χ4v) is 4.06. The molecule has 1 fully saturated rings. The molecule has 2 heterocycles. The van der Waals surface area contributed by atoms with Crippen LogP contribution in [-0.4, -0.2) is 64.2 Å². The Balaban J connectivity index is 1.99. The zero-order valence-corrected chi connectivity index (χ0v) is 19.5. The second-order valence-corrected chi connectivity index (χ2v) is 9.31. The lowest BCUT2D eigenvalue weighted by Crippen LogP contribution is -2.54. The number of anilines is 1. The van der Waals surface area contributed by atoms with E-state index in [0.29, 0.717) is 42.3 Å². The highest BCUT2D eigenvalue weighted by atomic mass is 35.5. The number of nitrogens with zero attached hydrogens (tertiary/aromatic N) is 4. The number of piperazine rings is 1. The monoisotopic (exact) mass is 441 g/mol. The van der Waals surface area contributed by atoms with Gasteiger partial charge in [0, 0.05) is 44.2 Å². The first-order valence-corrected chi connectivity index (χ1v) is 11.6. The molecule has 2 amide bonds. The summed E-state index contributed by atoms with van der Waals surface area (Å²) >= 11 is 7.48. The van der Waals surface area contributed by atoms with E-state index in [4.69, 9.17) is 11.6 Å². The van der Waals surface area contributed by atoms with E-state index in [1.807, 2.05) is 18.7 Å². The molecule has 162 valence electrons. The van der Waals surface area contributed by atoms with Gasteiger partial charge < -0.3 is 15.1 Å². The average Bonchev–Trinajstić information content (AvgIpc) is 2.65. The molecule has 2 rings (SSSR count). The average molecular weight is 442 g/mol. The Morgan fingerprint density at radius 1 is 1.31 bits per heavy atom. The Morgan fingerprint density at radius 2 is 2.03 bits per heavy atom. The maximum atomic E-state index is 12.4. The van der Waals surface area contributed by atoms with Crippen molar-refractivity contribution in [3.63, 3.8) is 0 Å². The molecule has 7 nitrogen and oxygen atoms in total. The summed E-state index contributed by atoms with van der Waals surface area (Å²) in [6, 6.07) is 1.99. The molecule has 1 saturated heterocycles. The SMILES string of the molecule is CCC(C)NC(=O)CSc1nc(Cl)cc(N2CCN(C(=O)CC(C)C)C(C)C2)n1. The Hall–Kier alpha value is -1.54. The van der Waals surface area contributed by atoms with Crippen molar-refractivity contribution < 1.29 is 9.59 Å². The maximum Gasteiger partial charge on any atom is 0.230 e. The van der Waals surface area contributed by atoms with Crippen molar-refractivity contribution in [1.29, 1.82) is 0 Å². The number of nitrogens with one attached hydrogen (secondary N) is 1. The molecule has 0 aromatic carbocycles. The van der Waals surface area contributed by atoms with E-state index in [-0.39, 0.29) is 29.7 Å². The summed E-state index contributed by atoms with van der Waals surface area (Å²) in [5, 5.41) is 3.77. The van der Waals surface area contributed by atoms with Crippen LogP contribution in [0.5, 0.6) is 0 Å². The number of hydrogen-bond donors (Lipinski definition) is 1. The van der Waals surface area contributed by atoms with Crippen molar-refractivity contribution in [2.24, 2.45) is 5.92 Å². The predicted molar refractivity (Wildman–Crippen MR) is 119 cm³/mol. The van der Waals surface area contributed by atoms with Crippen LogP contribution < -0.4 is 10.2 Å². The third-order valence-corrected chi connectivity index (χ3v) is 5.91. The molecule has 1 aromatic heterocycles. The van der Waals surface area contributed by atoms with Crippen LogP contribution in [0, 0.1) is 5.92 Å². The summed E-state index contributed by atoms with van der Waals surface area (Å²) in [7, 11) is 0. The van der Waals surface area contributed by atoms with Gasteiger partial charge in [-0.1, -0.05) is 44.1 Å². The zero-order chi connectivity index (χ0) is 21.6. The molecule has 0 radical (unpaired) electrons. The number of amides is 2. The quantitative estimate of drug-likeness (QED) is 0.379. The van der Waals surface area contributed by atoms with Crippen molar-refractivity contribution in [1.82, 2.24) is 20.2 Å². The molecule has 2 unspecified atom stereocenters. The molecule has 1 N–H and O–H groups in total. The van der Waals surface area contributed by atoms with Gasteiger partial charge in [-0.2, -0.15) is 0 Å². The number of carbonyl (C=O) groups excluding carboxylic acids is 2. The number of rotatable bonds is 8. The fraction of sp³-hybridized carbons (Fsp3) is 0.700. The third kappa shape index (κ3) is 7.33. The minimum Gasteiger partial charge on any atom is -0.353 e. The molecule has 29 heavy (non-hydrogen) atoms. The number of aromatic nitrogens is 2. The van der Waals surface area contributed by atoms with E-state index in [2.05, 4.69) is 41.0 Å². The van der Waals surface area contributed by atoms with Crippen LogP contribution in [0.25, 0.3) is 0 Å². The summed E-state index contributed by atoms with van der Waals surface area (Å²) in [6.07, 6.45) is 1.46. The smallest absolute Gasteiger partial charge is 0.230 e. The summed E-state index contributed by atoms with van der Waals surface area (Å²) in [5.74, 6) is 1.50. The van der Waals surface area contributed by atoms with Crippen LogP contribution in [-0.2, 0) is 9.59 Å². The van der Waals surface area contributed by atoms with Crippen molar-refractivity contribution in [2.75, 3.05) is 30.3 Å². The lowest BCUT2D eigenvalue weighted by molar-refractivity contribution is -0.134. The second kappa shape index (κ2) is 11.0. The normalized spacial score (nSPS) is 18.1. The van der Waals surface area contributed by atoms with Gasteiger partial charge in [-0.3, -0.25) is 9.59 Å². The highest BCUT2D eigenvalue weighted by molar-refractivity contribution is 7.99. The van der Waals surface area contributed by atoms with Crippen LogP contribution in [0.4, 0.5) is 5.82 Å². The molecule has 0 bridgehead atoms. The first-order valence-electron chi connectivity index (χ1n) is 10.2. The molecule has 1 aromatic rings. The van der Waals surface area contributed by atoms with Crippen LogP contribution in [0.2, 0.25) is 5.15 Å². The summed E-state index contributed by atoms with van der Waals surface area (Å²) in [4.78, 5) is 37.4. The van der Waals surface area contributed by atoms with E-state index in [1.54, 1.807) is 6.07 Å². The van der Waals surface area contributed by atoms with E-state index in [0.717, 1.165) is 12.2 Å². The molecule has 9 heteroatoms. The third-order valence-electron chi connectivity index (χ3n) is 4.87. The number of carbonyl (C=O) groups is 2. The Labute approximate surface area is 183 Å². The van der Waals surface area contributed by atoms with Gasteiger partial charge in [-0.25, -0.2) is 9.97 Å². The van der Waals surface area contributed by atoms with Crippen molar-refractivity contribution >= 4 is 41.0 Å². The minimum atomic E-state index is -0.0413. The van der Waals surface area contributed by atoms with E-state index in [9.17, 15) is 9.59 Å². The van der Waals surface area contributed by atoms with Crippen molar-refractivity contribution in [3.8, 4) is 0 Å². The van der Waals surface area contributed by atoms with Gasteiger partial charge in [0.05, 0.1) is 5.75 Å². The second-order valence-electron chi connectivity index (χ2n) is 7.98. The number of thioether (sulfide) groups is 1. The lowest BCUT2D eigenvalue weighted by atomic mass is 10.1. The van der Waals surface area contributed by atoms with Gasteiger partial charge in [0.25, 0.3) is 0 Å². The molecule has 0 spiro atoms. The number of halogens is 1. The highest BCUT2D eigenvalue weighted by Crippen LogP contribution is 2.24. The molecule has 1 aliphatic rings. The maximum absolute atomic E-state index is 12.4. The van der Waals surface area contributed by atoms with Gasteiger partial charge in [0.15, 0.2) is 5.16 Å². The Bertz CT molecular complexity index is 718. The van der Waals surface area contributed by atoms with Crippen LogP contribution >= 0.6 is 23.4 Å². The number of hydrogen-bond acceptors (Lipinski definition) is 6. The molecule has 1 aliphatic heterocycles. The molecular weight excluding hydrogens is 410 g/mol. The standard InChI is InChI=1S/C20H32ClN5O2S/c1-6-14(4)22-18(27)12-29-20-23-16(21)10-17(24-20)25-7-8-26(15(5)11-25)19(28)9-13(2)3/h10,13-15H,6-9,11-12H2,1-5H3,(H,22,27). The van der Waals surface area contributed by atoms with E-state index in [1.165, 1.54) is 11.8 Å². The Morgan fingerprint density at radius 3 is 2.66 bits per heavy atom. The molecular formula is C20H32ClN5O2S. The van der Waals surface area contributed by atoms with Gasteiger partial charge in [-0.15, -0.1) is 0 Å². The summed E-state index contributed by atoms with van der Waals surface area (Å²) in [5.41, 5.74) is 0. The zero-order valence-electron chi connectivity index (χ0n) is 17.9. The largest absolute Gasteiger partial charge is 0.353 e. The van der Waals surface area contributed by atoms with E-state index >= 15 is 0 Å². The Kier molecular flexibility index (Phi) is 9.02. The minimum absolute atomic E-state index is 0.0413.